The van der Waals surface area contributed by atoms with Crippen molar-refractivity contribution in [1.82, 2.24) is 53.2 Å². The lowest BCUT2D eigenvalue weighted by atomic mass is 10.0. The van der Waals surface area contributed by atoms with Gasteiger partial charge in [-0.3, -0.25) is 13.7 Å². The molecule has 12 nitrogen and oxygen atoms in total. The molecule has 0 unspecified atom stereocenters. The van der Waals surface area contributed by atoms with Crippen LogP contribution in [0.25, 0.3) is 212 Å². The maximum atomic E-state index is 6.34. The molecule has 12 heteroatoms. The Morgan fingerprint density at radius 3 is 1.04 bits per heavy atom. The smallest absolute Gasteiger partial charge is 0.238 e. The molecule has 23 rings (SSSR count). The highest BCUT2D eigenvalue weighted by Gasteiger charge is 2.27. The van der Waals surface area contributed by atoms with Crippen LogP contribution in [-0.2, 0) is 0 Å². The zero-order valence-corrected chi connectivity index (χ0v) is 60.7. The van der Waals surface area contributed by atoms with Gasteiger partial charge in [-0.2, -0.15) is 19.9 Å². The number of furan rings is 1. The Morgan fingerprint density at radius 2 is 0.549 bits per heavy atom. The largest absolute Gasteiger partial charge is 0.456 e. The molecule has 0 bridgehead atoms. The van der Waals surface area contributed by atoms with Gasteiger partial charge in [-0.15, -0.1) is 0 Å². The van der Waals surface area contributed by atoms with Gasteiger partial charge in [0, 0.05) is 87.4 Å². The summed E-state index contributed by atoms with van der Waals surface area (Å²) in [6.45, 7) is 0. The number of aromatic nitrogens is 11. The third-order valence-electron chi connectivity index (χ3n) is 21.8. The van der Waals surface area contributed by atoms with E-state index < -0.39 is 0 Å². The van der Waals surface area contributed by atoms with Gasteiger partial charge in [-0.1, -0.05) is 303 Å². The van der Waals surface area contributed by atoms with Crippen molar-refractivity contribution in [3.05, 3.63) is 382 Å². The lowest BCUT2D eigenvalue weighted by Crippen LogP contribution is -2.06. The van der Waals surface area contributed by atoms with Crippen molar-refractivity contribution in [2.24, 2.45) is 0 Å². The summed E-state index contributed by atoms with van der Waals surface area (Å²) in [7, 11) is 0. The number of hydrogen-bond acceptors (Lipinski definition) is 8. The monoisotopic (exact) mass is 1450 g/mol. The van der Waals surface area contributed by atoms with Crippen LogP contribution >= 0.6 is 0 Å². The molecule has 15 aromatic carbocycles. The Balaban J connectivity index is 0.000000142. The number of para-hydroxylation sites is 5. The molecule has 0 aliphatic rings. The van der Waals surface area contributed by atoms with Gasteiger partial charge >= 0.3 is 0 Å². The molecule has 0 saturated heterocycles. The molecular weight excluding hydrogens is 1380 g/mol. The van der Waals surface area contributed by atoms with Crippen LogP contribution in [-0.4, -0.2) is 53.2 Å². The molecule has 23 aromatic rings. The maximum absolute atomic E-state index is 6.34. The zero-order chi connectivity index (χ0) is 74.5. The average molecular weight is 1450 g/mol. The first kappa shape index (κ1) is 64.6. The highest BCUT2D eigenvalue weighted by molar-refractivity contribution is 6.28. The van der Waals surface area contributed by atoms with E-state index in [1.54, 1.807) is 0 Å². The number of fused-ring (bicyclic) bond motifs is 17. The second kappa shape index (κ2) is 26.7. The van der Waals surface area contributed by atoms with Gasteiger partial charge in [0.2, 0.25) is 11.9 Å². The third-order valence-corrected chi connectivity index (χ3v) is 21.8. The Hall–Kier alpha value is -15.5. The van der Waals surface area contributed by atoms with Crippen LogP contribution in [0.1, 0.15) is 0 Å². The Bertz CT molecular complexity index is 7530. The van der Waals surface area contributed by atoms with Crippen molar-refractivity contribution in [2.75, 3.05) is 0 Å². The molecule has 0 spiro atoms. The highest BCUT2D eigenvalue weighted by Crippen LogP contribution is 2.46. The fourth-order valence-electron chi connectivity index (χ4n) is 16.6. The predicted molar refractivity (Wildman–Crippen MR) is 460 cm³/mol. The minimum absolute atomic E-state index is 0.521. The van der Waals surface area contributed by atoms with Crippen molar-refractivity contribution in [1.29, 1.82) is 0 Å². The Labute approximate surface area is 647 Å². The fraction of sp³-hybridized carbons (Fsp3) is 0. The summed E-state index contributed by atoms with van der Waals surface area (Å²) < 4.78 is 15.5. The highest BCUT2D eigenvalue weighted by atomic mass is 16.3. The second-order valence-corrected chi connectivity index (χ2v) is 28.3. The molecule has 0 radical (unpaired) electrons. The minimum Gasteiger partial charge on any atom is -0.456 e. The molecule has 8 aromatic heterocycles. The van der Waals surface area contributed by atoms with E-state index in [0.29, 0.717) is 35.2 Å². The topological polar surface area (TPSA) is 123 Å². The molecule has 113 heavy (non-hydrogen) atoms. The number of hydrogen-bond donors (Lipinski definition) is 0. The van der Waals surface area contributed by atoms with Crippen molar-refractivity contribution in [3.8, 4) is 102 Å². The first-order valence-electron chi connectivity index (χ1n) is 37.9. The lowest BCUT2D eigenvalue weighted by Gasteiger charge is -2.13. The first-order valence-corrected chi connectivity index (χ1v) is 37.9. The van der Waals surface area contributed by atoms with E-state index in [0.717, 1.165) is 155 Å². The number of rotatable bonds is 11. The summed E-state index contributed by atoms with van der Waals surface area (Å²) in [6.07, 6.45) is 0. The lowest BCUT2D eigenvalue weighted by molar-refractivity contribution is 0.669. The summed E-state index contributed by atoms with van der Waals surface area (Å²) in [5, 5.41) is 11.3. The van der Waals surface area contributed by atoms with Gasteiger partial charge < -0.3 is 8.98 Å². The van der Waals surface area contributed by atoms with E-state index >= 15 is 0 Å². The van der Waals surface area contributed by atoms with Gasteiger partial charge in [0.25, 0.3) is 0 Å². The molecule has 0 N–H and O–H groups in total. The predicted octanol–water partition coefficient (Wildman–Crippen LogP) is 25.1. The number of nitrogens with zero attached hydrogens (tertiary/aromatic N) is 11. The van der Waals surface area contributed by atoms with E-state index in [4.69, 9.17) is 39.3 Å². The first-order chi connectivity index (χ1) is 56.0. The Kier molecular flexibility index (Phi) is 15.3. The molecule has 0 fully saturated rings. The summed E-state index contributed by atoms with van der Waals surface area (Å²) in [5.74, 6) is 4.34. The van der Waals surface area contributed by atoms with Crippen LogP contribution in [0.3, 0.4) is 0 Å². The van der Waals surface area contributed by atoms with Crippen molar-refractivity contribution in [2.45, 2.75) is 0 Å². The SMILES string of the molecule is c1ccc(-c2cc(-c3ccccc3)nc(-n3c4ccccc4c4ccc5c(c6ccccc6n5-c5nc(-c6ccccc6)nc(-c6ccc7c(c6)oc6ccccc67)n5)c43)c2)cc1.c1ccc(-c2ccc(-n3c4ccccc4c4ccc5c(c6ccccc6n5-c5nc(-c6ccccc6)nc(-c6ccccc6)n5)c43)cc2)cc1. The van der Waals surface area contributed by atoms with Crippen molar-refractivity contribution >= 4 is 109 Å². The quantitative estimate of drug-likeness (QED) is 0.125. The molecule has 0 aliphatic carbocycles. The van der Waals surface area contributed by atoms with E-state index in [1.165, 1.54) is 21.9 Å². The standard InChI is InChI=1S/C56H34N6O.C45H29N5/c1-4-16-35(17-5-1)39-32-45(36-18-6-2-7-19-36)57-51(34-39)62-46-25-13-10-22-40(46)43-30-31-48-52(53(43)62)44-24-11-14-26-47(44)61(48)56-59-54(37-20-8-3-9-21-37)58-55(60-56)38-28-29-42-41-23-12-15-27-49(41)63-50(42)33-38;1-4-14-30(15-5-1)31-24-26-34(27-25-31)49-38-22-12-10-20-35(38)36-28-29-40-41(42(36)49)37-21-11-13-23-39(37)50(40)45-47-43(32-16-6-2-7-17-32)46-44(48-45)33-18-8-3-9-19-33/h1-34H;1-29H. The number of benzene rings is 15. The van der Waals surface area contributed by atoms with Crippen LogP contribution in [0.15, 0.2) is 387 Å². The molecule has 8 heterocycles. The molecule has 0 aliphatic heterocycles. The van der Waals surface area contributed by atoms with Crippen LogP contribution in [0, 0.1) is 0 Å². The zero-order valence-electron chi connectivity index (χ0n) is 60.7. The van der Waals surface area contributed by atoms with Crippen LogP contribution in [0.2, 0.25) is 0 Å². The van der Waals surface area contributed by atoms with Crippen LogP contribution in [0.4, 0.5) is 0 Å². The van der Waals surface area contributed by atoms with Crippen LogP contribution in [0.5, 0.6) is 0 Å². The normalized spacial score (nSPS) is 11.7. The fourth-order valence-corrected chi connectivity index (χ4v) is 16.6. The Morgan fingerprint density at radius 1 is 0.195 bits per heavy atom. The summed E-state index contributed by atoms with van der Waals surface area (Å²) in [6, 6.07) is 133. The maximum Gasteiger partial charge on any atom is 0.238 e. The second-order valence-electron chi connectivity index (χ2n) is 28.3. The minimum atomic E-state index is 0.521. The third kappa shape index (κ3) is 10.9. The summed E-state index contributed by atoms with van der Waals surface area (Å²) in [4.78, 5) is 36.4. The van der Waals surface area contributed by atoms with Gasteiger partial charge in [-0.05, 0) is 101 Å². The number of pyridine rings is 1. The molecular formula is C101H63N11O. The van der Waals surface area contributed by atoms with E-state index in [-0.39, 0.29) is 0 Å². The molecule has 0 amide bonds. The van der Waals surface area contributed by atoms with E-state index in [9.17, 15) is 0 Å². The van der Waals surface area contributed by atoms with Crippen molar-refractivity contribution in [3.63, 3.8) is 0 Å². The molecule has 0 saturated carbocycles. The van der Waals surface area contributed by atoms with Crippen LogP contribution < -0.4 is 0 Å². The average Bonchev–Trinajstić information content (AvgIpc) is 1.55. The van der Waals surface area contributed by atoms with Gasteiger partial charge in [-0.25, -0.2) is 15.0 Å². The molecule has 0 atom stereocenters. The van der Waals surface area contributed by atoms with E-state index in [1.807, 2.05) is 121 Å². The molecule has 528 valence electrons. The van der Waals surface area contributed by atoms with Gasteiger partial charge in [0.1, 0.15) is 17.0 Å². The van der Waals surface area contributed by atoms with Gasteiger partial charge in [0.05, 0.1) is 49.8 Å². The summed E-state index contributed by atoms with van der Waals surface area (Å²) >= 11 is 0. The van der Waals surface area contributed by atoms with Gasteiger partial charge in [0.15, 0.2) is 23.3 Å². The van der Waals surface area contributed by atoms with E-state index in [2.05, 4.69) is 279 Å². The van der Waals surface area contributed by atoms with Crippen molar-refractivity contribution < 1.29 is 4.42 Å². The summed E-state index contributed by atoms with van der Waals surface area (Å²) in [5.41, 5.74) is 21.4.